The Morgan fingerprint density at radius 1 is 1.25 bits per heavy atom. The van der Waals surface area contributed by atoms with E-state index >= 15 is 0 Å². The van der Waals surface area contributed by atoms with Gasteiger partial charge in [0.15, 0.2) is 0 Å². The molecule has 0 aliphatic carbocycles. The molecule has 0 atom stereocenters. The molecule has 0 bridgehead atoms. The van der Waals surface area contributed by atoms with Crippen molar-refractivity contribution in [2.75, 3.05) is 13.1 Å². The monoisotopic (exact) mass is 215 g/mol. The fourth-order valence-electron chi connectivity index (χ4n) is 2.24. The first-order valence-corrected chi connectivity index (χ1v) is 6.32. The summed E-state index contributed by atoms with van der Waals surface area (Å²) >= 11 is 0. The molecule has 1 aromatic carbocycles. The molecular weight excluding hydrogens is 194 g/mol. The van der Waals surface area contributed by atoms with E-state index in [1.807, 2.05) is 0 Å². The van der Waals surface area contributed by atoms with Gasteiger partial charge in [-0.25, -0.2) is 0 Å². The van der Waals surface area contributed by atoms with Gasteiger partial charge in [0.05, 0.1) is 0 Å². The van der Waals surface area contributed by atoms with Crippen LogP contribution in [0.3, 0.4) is 0 Å². The number of allylic oxidation sites excluding steroid dienone is 1. The van der Waals surface area contributed by atoms with Crippen molar-refractivity contribution < 1.29 is 0 Å². The van der Waals surface area contributed by atoms with Gasteiger partial charge >= 0.3 is 0 Å². The van der Waals surface area contributed by atoms with Gasteiger partial charge in [-0.05, 0) is 18.4 Å². The van der Waals surface area contributed by atoms with Crippen LogP contribution < -0.4 is 0 Å². The lowest BCUT2D eigenvalue weighted by atomic mass is 10.2. The molecule has 1 aliphatic rings. The molecule has 1 saturated heterocycles. The zero-order valence-electron chi connectivity index (χ0n) is 10.2. The van der Waals surface area contributed by atoms with Crippen LogP contribution in [-0.4, -0.2) is 18.0 Å². The molecule has 0 amide bonds. The number of unbranched alkanes of at least 4 members (excludes halogenated alkanes) is 1. The SMILES string of the molecule is CCC/C=C1\CCN(Cc2ccccc2)C1. The predicted molar refractivity (Wildman–Crippen MR) is 69.3 cm³/mol. The Bertz CT molecular complexity index is 340. The van der Waals surface area contributed by atoms with Gasteiger partial charge in [0.1, 0.15) is 0 Å². The molecule has 1 nitrogen and oxygen atoms in total. The van der Waals surface area contributed by atoms with E-state index in [-0.39, 0.29) is 0 Å². The van der Waals surface area contributed by atoms with E-state index in [1.54, 1.807) is 5.57 Å². The average Bonchev–Trinajstić information content (AvgIpc) is 2.75. The van der Waals surface area contributed by atoms with Crippen molar-refractivity contribution in [1.29, 1.82) is 0 Å². The van der Waals surface area contributed by atoms with Crippen molar-refractivity contribution in [3.8, 4) is 0 Å². The van der Waals surface area contributed by atoms with Gasteiger partial charge < -0.3 is 0 Å². The van der Waals surface area contributed by atoms with Gasteiger partial charge in [-0.15, -0.1) is 0 Å². The van der Waals surface area contributed by atoms with Crippen molar-refractivity contribution in [3.63, 3.8) is 0 Å². The fraction of sp³-hybridized carbons (Fsp3) is 0.467. The maximum absolute atomic E-state index is 2.54. The molecule has 1 aliphatic heterocycles. The highest BCUT2D eigenvalue weighted by molar-refractivity contribution is 5.16. The topological polar surface area (TPSA) is 3.24 Å². The zero-order chi connectivity index (χ0) is 11.2. The van der Waals surface area contributed by atoms with Crippen molar-refractivity contribution >= 4 is 0 Å². The van der Waals surface area contributed by atoms with Crippen LogP contribution in [0, 0.1) is 0 Å². The Morgan fingerprint density at radius 3 is 2.81 bits per heavy atom. The molecule has 0 spiro atoms. The Balaban J connectivity index is 1.85. The normalized spacial score (nSPS) is 19.4. The van der Waals surface area contributed by atoms with Crippen LogP contribution in [0.25, 0.3) is 0 Å². The highest BCUT2D eigenvalue weighted by Crippen LogP contribution is 2.18. The van der Waals surface area contributed by atoms with Crippen LogP contribution in [-0.2, 0) is 6.54 Å². The van der Waals surface area contributed by atoms with E-state index in [2.05, 4.69) is 48.2 Å². The van der Waals surface area contributed by atoms with Gasteiger partial charge in [0.25, 0.3) is 0 Å². The Kier molecular flexibility index (Phi) is 4.17. The number of hydrogen-bond acceptors (Lipinski definition) is 1. The van der Waals surface area contributed by atoms with Crippen LogP contribution in [0.4, 0.5) is 0 Å². The van der Waals surface area contributed by atoms with E-state index in [0.717, 1.165) is 6.54 Å². The molecular formula is C15H21N. The third kappa shape index (κ3) is 3.21. The maximum atomic E-state index is 2.54. The number of rotatable bonds is 4. The lowest BCUT2D eigenvalue weighted by molar-refractivity contribution is 0.337. The predicted octanol–water partition coefficient (Wildman–Crippen LogP) is 3.62. The summed E-state index contributed by atoms with van der Waals surface area (Å²) in [6, 6.07) is 10.8. The molecule has 86 valence electrons. The smallest absolute Gasteiger partial charge is 0.0237 e. The fourth-order valence-corrected chi connectivity index (χ4v) is 2.24. The summed E-state index contributed by atoms with van der Waals surface area (Å²) in [5.41, 5.74) is 3.07. The summed E-state index contributed by atoms with van der Waals surface area (Å²) in [5, 5.41) is 0. The van der Waals surface area contributed by atoms with Crippen molar-refractivity contribution in [2.24, 2.45) is 0 Å². The molecule has 1 heteroatoms. The Labute approximate surface area is 98.8 Å². The van der Waals surface area contributed by atoms with E-state index in [0.29, 0.717) is 0 Å². The Hall–Kier alpha value is -1.08. The first kappa shape index (κ1) is 11.4. The largest absolute Gasteiger partial charge is 0.295 e. The zero-order valence-corrected chi connectivity index (χ0v) is 10.2. The number of benzene rings is 1. The summed E-state index contributed by atoms with van der Waals surface area (Å²) in [6.07, 6.45) is 6.22. The summed E-state index contributed by atoms with van der Waals surface area (Å²) in [7, 11) is 0. The number of nitrogens with zero attached hydrogens (tertiary/aromatic N) is 1. The molecule has 2 rings (SSSR count). The minimum atomic E-state index is 1.10. The Morgan fingerprint density at radius 2 is 2.06 bits per heavy atom. The van der Waals surface area contributed by atoms with Crippen molar-refractivity contribution in [1.82, 2.24) is 4.90 Å². The summed E-state index contributed by atoms with van der Waals surface area (Å²) < 4.78 is 0. The third-order valence-electron chi connectivity index (χ3n) is 3.15. The van der Waals surface area contributed by atoms with Gasteiger partial charge in [-0.2, -0.15) is 0 Å². The van der Waals surface area contributed by atoms with Crippen LogP contribution >= 0.6 is 0 Å². The van der Waals surface area contributed by atoms with Crippen molar-refractivity contribution in [2.45, 2.75) is 32.7 Å². The first-order valence-electron chi connectivity index (χ1n) is 6.32. The summed E-state index contributed by atoms with van der Waals surface area (Å²) in [6.45, 7) is 5.75. The molecule has 1 aromatic rings. The molecule has 0 N–H and O–H groups in total. The average molecular weight is 215 g/mol. The van der Waals surface area contributed by atoms with Crippen LogP contribution in [0.1, 0.15) is 31.7 Å². The van der Waals surface area contributed by atoms with Gasteiger partial charge in [-0.3, -0.25) is 4.90 Å². The molecule has 0 unspecified atom stereocenters. The van der Waals surface area contributed by atoms with E-state index in [4.69, 9.17) is 0 Å². The van der Waals surface area contributed by atoms with E-state index in [1.165, 1.54) is 37.9 Å². The highest BCUT2D eigenvalue weighted by Gasteiger charge is 2.15. The minimum Gasteiger partial charge on any atom is -0.295 e. The molecule has 1 fully saturated rings. The maximum Gasteiger partial charge on any atom is 0.0237 e. The molecule has 0 saturated carbocycles. The molecule has 16 heavy (non-hydrogen) atoms. The second kappa shape index (κ2) is 5.86. The second-order valence-corrected chi connectivity index (χ2v) is 4.60. The quantitative estimate of drug-likeness (QED) is 0.693. The summed E-state index contributed by atoms with van der Waals surface area (Å²) in [4.78, 5) is 2.54. The molecule has 0 aromatic heterocycles. The lowest BCUT2D eigenvalue weighted by Gasteiger charge is -2.14. The second-order valence-electron chi connectivity index (χ2n) is 4.60. The number of hydrogen-bond donors (Lipinski definition) is 0. The van der Waals surface area contributed by atoms with Crippen LogP contribution in [0.5, 0.6) is 0 Å². The van der Waals surface area contributed by atoms with Crippen molar-refractivity contribution in [3.05, 3.63) is 47.5 Å². The number of likely N-dealkylation sites (tertiary alicyclic amines) is 1. The van der Waals surface area contributed by atoms with Gasteiger partial charge in [0, 0.05) is 19.6 Å². The lowest BCUT2D eigenvalue weighted by Crippen LogP contribution is -2.18. The first-order chi connectivity index (χ1) is 7.88. The van der Waals surface area contributed by atoms with E-state index < -0.39 is 0 Å². The van der Waals surface area contributed by atoms with Crippen LogP contribution in [0.15, 0.2) is 42.0 Å². The minimum absolute atomic E-state index is 1.10. The molecule has 1 heterocycles. The van der Waals surface area contributed by atoms with E-state index in [9.17, 15) is 0 Å². The summed E-state index contributed by atoms with van der Waals surface area (Å²) in [5.74, 6) is 0. The molecule has 0 radical (unpaired) electrons. The van der Waals surface area contributed by atoms with Gasteiger partial charge in [0.2, 0.25) is 0 Å². The third-order valence-corrected chi connectivity index (χ3v) is 3.15. The highest BCUT2D eigenvalue weighted by atomic mass is 15.1. The standard InChI is InChI=1S/C15H21N/c1-2-3-7-15-10-11-16(13-15)12-14-8-5-4-6-9-14/h4-9H,2-3,10-13H2,1H3/b15-7+. The van der Waals surface area contributed by atoms with Gasteiger partial charge in [-0.1, -0.05) is 55.3 Å². The van der Waals surface area contributed by atoms with Crippen LogP contribution in [0.2, 0.25) is 0 Å².